The Morgan fingerprint density at radius 2 is 1.00 bits per heavy atom. The average Bonchev–Trinajstić information content (AvgIpc) is 0. The number of rotatable bonds is 0. The van der Waals surface area contributed by atoms with E-state index in [1.807, 2.05) is 0 Å². The molecule has 0 aromatic rings. The maximum absolute atomic E-state index is 0. The zero-order valence-electron chi connectivity index (χ0n) is 2.47. The molecular formula is H3CaFeMgP. The predicted molar refractivity (Wildman–Crippen MR) is 22.6 cm³/mol. The van der Waals surface area contributed by atoms with Crippen LogP contribution < -0.4 is 0 Å². The molecule has 1 atom stereocenters. The van der Waals surface area contributed by atoms with Gasteiger partial charge in [-0.15, -0.1) is 0 Å². The summed E-state index contributed by atoms with van der Waals surface area (Å²) < 4.78 is 0. The molecule has 4 heteroatoms. The zero-order valence-corrected chi connectivity index (χ0v) is 8.62. The molecule has 0 fully saturated rings. The summed E-state index contributed by atoms with van der Waals surface area (Å²) in [7, 11) is 0. The van der Waals surface area contributed by atoms with Gasteiger partial charge < -0.3 is 0 Å². The van der Waals surface area contributed by atoms with Gasteiger partial charge in [-0.1, -0.05) is 0 Å². The second kappa shape index (κ2) is 16.7. The first-order valence-corrected chi connectivity index (χ1v) is 0. The molecule has 0 aliphatic heterocycles. The Morgan fingerprint density at radius 1 is 1.00 bits per heavy atom. The molecule has 0 nitrogen and oxygen atoms in total. The SMILES string of the molecule is P.[Ca].[Fe].[Mg]. The van der Waals surface area contributed by atoms with Crippen molar-refractivity contribution in [3.63, 3.8) is 0 Å². The van der Waals surface area contributed by atoms with Gasteiger partial charge in [0.05, 0.1) is 0 Å². The molecule has 0 saturated carbocycles. The Kier molecular flexibility index (Phi) is 118. The normalized spacial score (nSPS) is 0. The largest absolute Gasteiger partial charge is 0.153 e. The summed E-state index contributed by atoms with van der Waals surface area (Å²) in [6, 6.07) is 0. The fraction of sp³-hybridized carbons (Fsp3) is 0. The maximum atomic E-state index is 0. The monoisotopic (exact) mass is 154 g/mol. The van der Waals surface area contributed by atoms with Crippen LogP contribution in [0.15, 0.2) is 0 Å². The van der Waals surface area contributed by atoms with Crippen molar-refractivity contribution < 1.29 is 17.1 Å². The fourth-order valence-corrected chi connectivity index (χ4v) is 0. The predicted octanol–water partition coefficient (Wildman–Crippen LogP) is -0.706. The van der Waals surface area contributed by atoms with Crippen LogP contribution in [0.3, 0.4) is 0 Å². The van der Waals surface area contributed by atoms with Gasteiger partial charge in [-0.3, -0.25) is 0 Å². The van der Waals surface area contributed by atoms with Crippen molar-refractivity contribution in [2.45, 2.75) is 0 Å². The van der Waals surface area contributed by atoms with E-state index < -0.39 is 0 Å². The van der Waals surface area contributed by atoms with E-state index in [-0.39, 0.29) is 87.8 Å². The van der Waals surface area contributed by atoms with Crippen LogP contribution >= 0.6 is 9.90 Å². The van der Waals surface area contributed by atoms with E-state index in [0.29, 0.717) is 0 Å². The van der Waals surface area contributed by atoms with Crippen molar-refractivity contribution in [1.82, 2.24) is 0 Å². The Morgan fingerprint density at radius 3 is 1.00 bits per heavy atom. The van der Waals surface area contributed by atoms with Crippen LogP contribution in [-0.4, -0.2) is 60.8 Å². The summed E-state index contributed by atoms with van der Waals surface area (Å²) in [5.74, 6) is 0. The van der Waals surface area contributed by atoms with Crippen LogP contribution in [-0.2, 0) is 17.1 Å². The Labute approximate surface area is 86.1 Å². The van der Waals surface area contributed by atoms with Crippen LogP contribution in [0.4, 0.5) is 0 Å². The topological polar surface area (TPSA) is 0 Å². The number of hydrogen-bond acceptors (Lipinski definition) is 0. The van der Waals surface area contributed by atoms with Crippen LogP contribution in [0.5, 0.6) is 0 Å². The number of hydrogen-bond donors (Lipinski definition) is 0. The van der Waals surface area contributed by atoms with Gasteiger partial charge in [-0.05, 0) is 0 Å². The van der Waals surface area contributed by atoms with Gasteiger partial charge in [0.15, 0.2) is 0 Å². The van der Waals surface area contributed by atoms with Crippen LogP contribution in [0.25, 0.3) is 0 Å². The molecule has 0 spiro atoms. The van der Waals surface area contributed by atoms with E-state index in [0.717, 1.165) is 0 Å². The minimum Gasteiger partial charge on any atom is -0.153 e. The van der Waals surface area contributed by atoms with Crippen molar-refractivity contribution in [1.29, 1.82) is 0 Å². The van der Waals surface area contributed by atoms with E-state index in [1.54, 1.807) is 0 Å². The van der Waals surface area contributed by atoms with Gasteiger partial charge >= 0.3 is 0 Å². The minimum absolute atomic E-state index is 0. The molecule has 0 N–H and O–H groups in total. The summed E-state index contributed by atoms with van der Waals surface area (Å²) in [5.41, 5.74) is 0. The second-order valence-corrected chi connectivity index (χ2v) is 0. The molecular weight excluding hydrogens is 151 g/mol. The van der Waals surface area contributed by atoms with Crippen LogP contribution in [0.1, 0.15) is 0 Å². The molecule has 0 bridgehead atoms. The molecule has 0 aliphatic carbocycles. The smallest absolute Gasteiger partial charge is 0 e. The molecule has 0 saturated heterocycles. The second-order valence-electron chi connectivity index (χ2n) is 0. The quantitative estimate of drug-likeness (QED) is 0.319. The van der Waals surface area contributed by atoms with E-state index >= 15 is 0 Å². The van der Waals surface area contributed by atoms with E-state index in [1.165, 1.54) is 0 Å². The molecule has 0 heterocycles. The third kappa shape index (κ3) is 8.88. The average molecular weight is 154 g/mol. The summed E-state index contributed by atoms with van der Waals surface area (Å²) >= 11 is 0. The van der Waals surface area contributed by atoms with Gasteiger partial charge in [-0.2, -0.15) is 9.90 Å². The summed E-state index contributed by atoms with van der Waals surface area (Å²) in [4.78, 5) is 0. The first-order valence-electron chi connectivity index (χ1n) is 0. The molecule has 4 heavy (non-hydrogen) atoms. The molecule has 0 amide bonds. The van der Waals surface area contributed by atoms with Gasteiger partial charge in [0, 0.05) is 77.9 Å². The minimum atomic E-state index is 0. The van der Waals surface area contributed by atoms with Crippen LogP contribution in [0, 0.1) is 0 Å². The van der Waals surface area contributed by atoms with Crippen molar-refractivity contribution in [2.75, 3.05) is 0 Å². The van der Waals surface area contributed by atoms with Crippen molar-refractivity contribution in [3.05, 3.63) is 0 Å². The molecule has 20 valence electrons. The summed E-state index contributed by atoms with van der Waals surface area (Å²) in [5, 5.41) is 0. The van der Waals surface area contributed by atoms with E-state index in [2.05, 4.69) is 0 Å². The molecule has 0 aromatic carbocycles. The standard InChI is InChI=1S/Ca.Fe.Mg.H3P/h;;;1H3. The Hall–Kier alpha value is 2.98. The summed E-state index contributed by atoms with van der Waals surface area (Å²) in [6.07, 6.45) is 0. The molecule has 4 radical (unpaired) electrons. The van der Waals surface area contributed by atoms with Gasteiger partial charge in [0.1, 0.15) is 0 Å². The van der Waals surface area contributed by atoms with Crippen molar-refractivity contribution in [2.24, 2.45) is 0 Å². The zero-order chi connectivity index (χ0) is 0. The van der Waals surface area contributed by atoms with Gasteiger partial charge in [0.25, 0.3) is 0 Å². The molecule has 0 aromatic heterocycles. The Balaban J connectivity index is 0. The first-order chi connectivity index (χ1) is 0. The fourth-order valence-electron chi connectivity index (χ4n) is 0. The van der Waals surface area contributed by atoms with Crippen molar-refractivity contribution in [3.8, 4) is 0 Å². The molecule has 0 rings (SSSR count). The Bertz CT molecular complexity index is 8.00. The first kappa shape index (κ1) is 28.1. The maximum Gasteiger partial charge on any atom is 0 e. The molecule has 1 unspecified atom stereocenters. The van der Waals surface area contributed by atoms with Gasteiger partial charge in [0.2, 0.25) is 0 Å². The van der Waals surface area contributed by atoms with Gasteiger partial charge in [-0.25, -0.2) is 0 Å². The third-order valence-electron chi connectivity index (χ3n) is 0. The summed E-state index contributed by atoms with van der Waals surface area (Å²) in [6.45, 7) is 0. The van der Waals surface area contributed by atoms with E-state index in [4.69, 9.17) is 0 Å². The van der Waals surface area contributed by atoms with Crippen molar-refractivity contribution >= 4 is 70.7 Å². The van der Waals surface area contributed by atoms with Crippen LogP contribution in [0.2, 0.25) is 0 Å². The molecule has 0 aliphatic rings. The third-order valence-corrected chi connectivity index (χ3v) is 0. The van der Waals surface area contributed by atoms with E-state index in [9.17, 15) is 0 Å².